The lowest BCUT2D eigenvalue weighted by atomic mass is 10.0. The Labute approximate surface area is 219 Å². The van der Waals surface area contributed by atoms with E-state index in [0.29, 0.717) is 30.7 Å². The maximum atomic E-state index is 14.4. The monoisotopic (exact) mass is 517 g/mol. The van der Waals surface area contributed by atoms with Crippen LogP contribution in [0.15, 0.2) is 59.9 Å². The van der Waals surface area contributed by atoms with Crippen LogP contribution in [0.2, 0.25) is 0 Å². The number of hydrogen-bond donors (Lipinski definition) is 0. The molecule has 6 rings (SSSR count). The Balaban J connectivity index is 1.38. The Hall–Kier alpha value is -3.85. The molecule has 7 nitrogen and oxygen atoms in total. The number of rotatable bonds is 6. The van der Waals surface area contributed by atoms with E-state index in [1.165, 1.54) is 0 Å². The number of hydrogen-bond acceptors (Lipinski definition) is 6. The number of piperidine rings is 1. The molecule has 0 amide bonds. The van der Waals surface area contributed by atoms with Gasteiger partial charge in [0.15, 0.2) is 17.0 Å². The van der Waals surface area contributed by atoms with Crippen molar-refractivity contribution >= 4 is 16.6 Å². The van der Waals surface area contributed by atoms with E-state index in [-0.39, 0.29) is 29.2 Å². The van der Waals surface area contributed by atoms with E-state index in [2.05, 4.69) is 31.9 Å². The van der Waals surface area contributed by atoms with Crippen molar-refractivity contribution in [3.05, 3.63) is 93.8 Å². The first kappa shape index (κ1) is 24.5. The molecule has 0 bridgehead atoms. The molecule has 0 unspecified atom stereocenters. The minimum absolute atomic E-state index is 0.149. The Morgan fingerprint density at radius 2 is 2.05 bits per heavy atom. The first-order chi connectivity index (χ1) is 18.5. The van der Waals surface area contributed by atoms with Crippen LogP contribution in [0.3, 0.4) is 0 Å². The van der Waals surface area contributed by atoms with Gasteiger partial charge in [-0.25, -0.2) is 4.39 Å². The molecular formula is C29H29F2N5O2. The lowest BCUT2D eigenvalue weighted by Gasteiger charge is -2.40. The molecule has 196 valence electrons. The van der Waals surface area contributed by atoms with Crippen molar-refractivity contribution in [1.82, 2.24) is 19.4 Å². The van der Waals surface area contributed by atoms with Gasteiger partial charge in [0.25, 0.3) is 0 Å². The van der Waals surface area contributed by atoms with Crippen LogP contribution in [-0.4, -0.2) is 45.2 Å². The number of halogens is 2. The second-order valence-electron chi connectivity index (χ2n) is 10.1. The average molecular weight is 518 g/mol. The lowest BCUT2D eigenvalue weighted by molar-refractivity contribution is 0.158. The van der Waals surface area contributed by atoms with Crippen LogP contribution >= 0.6 is 0 Å². The van der Waals surface area contributed by atoms with Gasteiger partial charge in [0, 0.05) is 62.1 Å². The normalized spacial score (nSPS) is 17.2. The molecule has 9 heteroatoms. The van der Waals surface area contributed by atoms with Gasteiger partial charge in [-0.05, 0) is 55.7 Å². The number of anilines is 1. The van der Waals surface area contributed by atoms with Gasteiger partial charge < -0.3 is 14.2 Å². The number of ether oxygens (including phenoxy) is 1. The molecule has 1 fully saturated rings. The second kappa shape index (κ2) is 10.1. The van der Waals surface area contributed by atoms with Crippen LogP contribution in [0.5, 0.6) is 5.75 Å². The zero-order chi connectivity index (χ0) is 26.2. The molecule has 1 aromatic carbocycles. The molecule has 0 aliphatic carbocycles. The largest absolute Gasteiger partial charge is 0.486 e. The van der Waals surface area contributed by atoms with E-state index in [9.17, 15) is 13.6 Å². The van der Waals surface area contributed by atoms with Crippen LogP contribution < -0.4 is 15.1 Å². The molecule has 5 heterocycles. The van der Waals surface area contributed by atoms with Crippen LogP contribution in [-0.2, 0) is 19.6 Å². The molecule has 0 saturated carbocycles. The minimum atomic E-state index is -1.07. The van der Waals surface area contributed by atoms with E-state index in [4.69, 9.17) is 4.74 Å². The summed E-state index contributed by atoms with van der Waals surface area (Å²) >= 11 is 0. The van der Waals surface area contributed by atoms with Gasteiger partial charge in [-0.3, -0.25) is 19.7 Å². The third kappa shape index (κ3) is 4.62. The highest BCUT2D eigenvalue weighted by Crippen LogP contribution is 2.33. The smallest absolute Gasteiger partial charge is 0.202 e. The second-order valence-corrected chi connectivity index (χ2v) is 10.1. The molecule has 4 aromatic rings. The van der Waals surface area contributed by atoms with Gasteiger partial charge in [-0.2, -0.15) is 4.39 Å². The van der Waals surface area contributed by atoms with E-state index in [0.717, 1.165) is 48.9 Å². The Kier molecular flexibility index (Phi) is 6.53. The standard InChI is InChI=1S/C29H29F2N5O2/c1-19-12-20(6-8-33-19)15-36(23-5-3-9-34(18-23)22-4-2-7-32-14-22)17-21-16-35-10-11-38-29-26(31)25(30)13-24(27(29)35)28(21)37/h2,4,6-8,12-14,16,23H,3,5,9-11,15,17-18H2,1H3/t23-/m0/s1. The first-order valence-electron chi connectivity index (χ1n) is 13.0. The Bertz CT molecular complexity index is 1540. The zero-order valence-electron chi connectivity index (χ0n) is 21.2. The number of aromatic nitrogens is 3. The molecular weight excluding hydrogens is 488 g/mol. The van der Waals surface area contributed by atoms with Crippen molar-refractivity contribution in [2.24, 2.45) is 0 Å². The van der Waals surface area contributed by atoms with Gasteiger partial charge in [0.2, 0.25) is 5.82 Å². The summed E-state index contributed by atoms with van der Waals surface area (Å²) in [5.74, 6) is -2.30. The van der Waals surface area contributed by atoms with E-state index in [1.807, 2.05) is 29.8 Å². The van der Waals surface area contributed by atoms with E-state index in [1.54, 1.807) is 18.6 Å². The maximum absolute atomic E-state index is 14.4. The third-order valence-corrected chi connectivity index (χ3v) is 7.51. The van der Waals surface area contributed by atoms with Gasteiger partial charge in [0.05, 0.1) is 29.3 Å². The number of aryl methyl sites for hydroxylation is 1. The van der Waals surface area contributed by atoms with E-state index < -0.39 is 11.6 Å². The molecule has 2 aliphatic rings. The summed E-state index contributed by atoms with van der Waals surface area (Å²) in [5.41, 5.74) is 3.71. The fraction of sp³-hybridized carbons (Fsp3) is 0.345. The molecule has 0 spiro atoms. The molecule has 1 saturated heterocycles. The first-order valence-corrected chi connectivity index (χ1v) is 13.0. The van der Waals surface area contributed by atoms with Crippen LogP contribution in [0, 0.1) is 18.6 Å². The highest BCUT2D eigenvalue weighted by atomic mass is 19.2. The van der Waals surface area contributed by atoms with Gasteiger partial charge in [-0.1, -0.05) is 0 Å². The Morgan fingerprint density at radius 3 is 2.87 bits per heavy atom. The van der Waals surface area contributed by atoms with Crippen LogP contribution in [0.4, 0.5) is 14.5 Å². The summed E-state index contributed by atoms with van der Waals surface area (Å²) in [6, 6.07) is 9.26. The summed E-state index contributed by atoms with van der Waals surface area (Å²) in [7, 11) is 0. The average Bonchev–Trinajstić information content (AvgIpc) is 2.94. The fourth-order valence-corrected chi connectivity index (χ4v) is 5.70. The lowest BCUT2D eigenvalue weighted by Crippen LogP contribution is -2.48. The van der Waals surface area contributed by atoms with E-state index >= 15 is 0 Å². The van der Waals surface area contributed by atoms with Crippen LogP contribution in [0.1, 0.15) is 29.7 Å². The van der Waals surface area contributed by atoms with Crippen molar-refractivity contribution in [2.75, 3.05) is 24.6 Å². The van der Waals surface area contributed by atoms with Crippen molar-refractivity contribution < 1.29 is 13.5 Å². The van der Waals surface area contributed by atoms with Crippen molar-refractivity contribution in [2.45, 2.75) is 45.4 Å². The minimum Gasteiger partial charge on any atom is -0.486 e. The van der Waals surface area contributed by atoms with Gasteiger partial charge in [0.1, 0.15) is 6.61 Å². The van der Waals surface area contributed by atoms with Crippen molar-refractivity contribution in [3.8, 4) is 5.75 Å². The highest BCUT2D eigenvalue weighted by Gasteiger charge is 2.29. The fourth-order valence-electron chi connectivity index (χ4n) is 5.70. The Morgan fingerprint density at radius 1 is 1.16 bits per heavy atom. The third-order valence-electron chi connectivity index (χ3n) is 7.51. The van der Waals surface area contributed by atoms with Gasteiger partial charge >= 0.3 is 0 Å². The maximum Gasteiger partial charge on any atom is 0.202 e. The molecule has 38 heavy (non-hydrogen) atoms. The molecule has 1 atom stereocenters. The molecule has 0 radical (unpaired) electrons. The summed E-state index contributed by atoms with van der Waals surface area (Å²) in [6.07, 6.45) is 9.25. The summed E-state index contributed by atoms with van der Waals surface area (Å²) in [4.78, 5) is 26.9. The summed E-state index contributed by atoms with van der Waals surface area (Å²) < 4.78 is 36.1. The number of benzene rings is 1. The predicted octanol–water partition coefficient (Wildman–Crippen LogP) is 4.44. The van der Waals surface area contributed by atoms with Crippen molar-refractivity contribution in [1.29, 1.82) is 0 Å². The quantitative estimate of drug-likeness (QED) is 0.377. The topological polar surface area (TPSA) is 63.5 Å². The SMILES string of the molecule is Cc1cc(CN(Cc2cn3c4c(c(F)c(F)cc4c2=O)OCC3)[C@H]2CCCN(c3cccnc3)C2)ccn1. The highest BCUT2D eigenvalue weighted by molar-refractivity contribution is 5.86. The predicted molar refractivity (Wildman–Crippen MR) is 141 cm³/mol. The van der Waals surface area contributed by atoms with Gasteiger partial charge in [-0.15, -0.1) is 0 Å². The summed E-state index contributed by atoms with van der Waals surface area (Å²) in [5, 5.41) is 0.149. The molecule has 0 N–H and O–H groups in total. The number of nitrogens with zero attached hydrogens (tertiary/aromatic N) is 5. The number of pyridine rings is 3. The van der Waals surface area contributed by atoms with Crippen LogP contribution in [0.25, 0.3) is 10.9 Å². The van der Waals surface area contributed by atoms with Crippen molar-refractivity contribution in [3.63, 3.8) is 0 Å². The molecule has 2 aliphatic heterocycles. The molecule has 3 aromatic heterocycles. The summed E-state index contributed by atoms with van der Waals surface area (Å²) in [6.45, 7) is 5.41. The zero-order valence-corrected chi connectivity index (χ0v) is 21.2.